The van der Waals surface area contributed by atoms with Crippen molar-refractivity contribution in [2.24, 2.45) is 0 Å². The average molecular weight is 1440 g/mol. The quantitative estimate of drug-likeness (QED) is 0.0169. The zero-order valence-electron chi connectivity index (χ0n) is 61.8. The van der Waals surface area contributed by atoms with Gasteiger partial charge in [-0.05, 0) is 122 Å². The number of aliphatic hydroxyl groups is 1. The van der Waals surface area contributed by atoms with E-state index in [4.69, 9.17) is 37.0 Å². The van der Waals surface area contributed by atoms with Crippen molar-refractivity contribution in [2.45, 2.75) is 290 Å². The maximum Gasteiger partial charge on any atom is 0.472 e. The lowest BCUT2D eigenvalue weighted by Gasteiger charge is -2.21. The van der Waals surface area contributed by atoms with E-state index in [0.29, 0.717) is 32.1 Å². The molecular weight excluding hydrogens is 1310 g/mol. The molecule has 0 amide bonds. The first kappa shape index (κ1) is 94.7. The Morgan fingerprint density at radius 3 is 0.930 bits per heavy atom. The molecule has 0 fully saturated rings. The van der Waals surface area contributed by atoms with E-state index < -0.39 is 97.5 Å². The standard InChI is InChI=1S/C81H132O17P2/c1-5-9-13-17-21-25-29-32-35-37-40-42-46-49-53-57-61-65-78(83)91-71-76(97-80(85)67-63-59-55-51-45-28-24-20-16-12-8-4)73-95-99(87,88)93-69-75(82)70-94-100(89,90)96-74-77(98-81(86)68-64-60-56-52-48-44-39-34-31-27-23-19-15-11-7-3)72-92-79(84)66-62-58-54-50-47-43-41-38-36-33-30-26-22-18-14-10-6-2/h9-11,13-15,21-23,25-27,32-36,39-40,42,48-49,52-53,60,64,75-77,82H,5-8,12,16-20,24,28-31,37-38,41,43-47,50-51,54-59,61-63,65-74H2,1-4H3,(H,87,88)(H,89,90)/b13-9-,14-10-,15-11-,25-21-,26-22-,27-23-,35-32-,36-33-,39-34-,42-40-,52-48-,53-49-,64-60-. The normalized spacial score (nSPS) is 14.8. The molecule has 17 nitrogen and oxygen atoms in total. The second-order valence-corrected chi connectivity index (χ2v) is 27.4. The predicted molar refractivity (Wildman–Crippen MR) is 408 cm³/mol. The fourth-order valence-electron chi connectivity index (χ4n) is 9.40. The summed E-state index contributed by atoms with van der Waals surface area (Å²) in [4.78, 5) is 72.7. The van der Waals surface area contributed by atoms with Crippen LogP contribution < -0.4 is 0 Å². The monoisotopic (exact) mass is 1440 g/mol. The molecule has 0 aliphatic carbocycles. The van der Waals surface area contributed by atoms with E-state index in [2.05, 4.69) is 149 Å². The summed E-state index contributed by atoms with van der Waals surface area (Å²) in [5, 5.41) is 10.6. The third-order valence-electron chi connectivity index (χ3n) is 15.0. The Kier molecular flexibility index (Phi) is 68.2. The Bertz CT molecular complexity index is 2520. The maximum atomic E-state index is 13.1. The Morgan fingerprint density at radius 1 is 0.300 bits per heavy atom. The summed E-state index contributed by atoms with van der Waals surface area (Å²) in [5.41, 5.74) is 0. The molecule has 0 aromatic carbocycles. The Morgan fingerprint density at radius 2 is 0.570 bits per heavy atom. The number of ether oxygens (including phenoxy) is 4. The molecule has 0 heterocycles. The second-order valence-electron chi connectivity index (χ2n) is 24.5. The van der Waals surface area contributed by atoms with Crippen LogP contribution in [0.3, 0.4) is 0 Å². The number of allylic oxidation sites excluding steroid dienone is 25. The molecular formula is C81H132O17P2. The first-order valence-corrected chi connectivity index (χ1v) is 40.7. The van der Waals surface area contributed by atoms with Crippen LogP contribution in [0.2, 0.25) is 0 Å². The van der Waals surface area contributed by atoms with Gasteiger partial charge in [-0.15, -0.1) is 0 Å². The molecule has 0 bridgehead atoms. The molecule has 3 N–H and O–H groups in total. The number of hydrogen-bond donors (Lipinski definition) is 3. The van der Waals surface area contributed by atoms with E-state index >= 15 is 0 Å². The number of aliphatic hydroxyl groups excluding tert-OH is 1. The van der Waals surface area contributed by atoms with Gasteiger partial charge in [0.1, 0.15) is 19.3 Å². The van der Waals surface area contributed by atoms with Crippen molar-refractivity contribution in [2.75, 3.05) is 39.6 Å². The first-order chi connectivity index (χ1) is 48.7. The molecule has 0 saturated carbocycles. The van der Waals surface area contributed by atoms with Crippen LogP contribution in [0.25, 0.3) is 0 Å². The maximum absolute atomic E-state index is 13.1. The topological polar surface area (TPSA) is 237 Å². The fourth-order valence-corrected chi connectivity index (χ4v) is 11.0. The molecule has 0 aliphatic rings. The van der Waals surface area contributed by atoms with Gasteiger partial charge in [-0.2, -0.15) is 0 Å². The summed E-state index contributed by atoms with van der Waals surface area (Å²) in [7, 11) is -10.0. The second kappa shape index (κ2) is 72.0. The fraction of sp³-hybridized carbons (Fsp3) is 0.630. The molecule has 0 radical (unpaired) electrons. The zero-order valence-corrected chi connectivity index (χ0v) is 63.6. The van der Waals surface area contributed by atoms with Crippen LogP contribution in [0.1, 0.15) is 272 Å². The first-order valence-electron chi connectivity index (χ1n) is 37.7. The van der Waals surface area contributed by atoms with Crippen molar-refractivity contribution in [1.29, 1.82) is 0 Å². The van der Waals surface area contributed by atoms with Crippen LogP contribution in [-0.4, -0.2) is 96.7 Å². The molecule has 0 aromatic rings. The highest BCUT2D eigenvalue weighted by atomic mass is 31.2. The number of hydrogen-bond acceptors (Lipinski definition) is 15. The zero-order chi connectivity index (χ0) is 73.2. The smallest absolute Gasteiger partial charge is 0.462 e. The third kappa shape index (κ3) is 71.1. The van der Waals surface area contributed by atoms with Crippen LogP contribution in [0.5, 0.6) is 0 Å². The van der Waals surface area contributed by atoms with Crippen molar-refractivity contribution in [3.8, 4) is 0 Å². The summed E-state index contributed by atoms with van der Waals surface area (Å²) in [6.07, 6.45) is 82.8. The van der Waals surface area contributed by atoms with Crippen LogP contribution in [0, 0.1) is 0 Å². The number of rotatable bonds is 69. The molecule has 19 heteroatoms. The molecule has 0 spiro atoms. The summed E-state index contributed by atoms with van der Waals surface area (Å²) in [6.45, 7) is 4.31. The molecule has 5 atom stereocenters. The number of esters is 4. The summed E-state index contributed by atoms with van der Waals surface area (Å²) in [5.74, 6) is -2.41. The van der Waals surface area contributed by atoms with E-state index in [1.165, 1.54) is 38.5 Å². The minimum Gasteiger partial charge on any atom is -0.462 e. The highest BCUT2D eigenvalue weighted by Gasteiger charge is 2.30. The van der Waals surface area contributed by atoms with E-state index in [-0.39, 0.29) is 25.7 Å². The van der Waals surface area contributed by atoms with E-state index in [1.54, 1.807) is 12.2 Å². The van der Waals surface area contributed by atoms with Gasteiger partial charge in [0.25, 0.3) is 0 Å². The van der Waals surface area contributed by atoms with Crippen molar-refractivity contribution in [1.82, 2.24) is 0 Å². The van der Waals surface area contributed by atoms with Gasteiger partial charge >= 0.3 is 39.5 Å². The largest absolute Gasteiger partial charge is 0.472 e. The Labute approximate surface area is 604 Å². The van der Waals surface area contributed by atoms with Gasteiger partial charge in [0, 0.05) is 19.3 Å². The molecule has 100 heavy (non-hydrogen) atoms. The predicted octanol–water partition coefficient (Wildman–Crippen LogP) is 21.7. The van der Waals surface area contributed by atoms with Crippen LogP contribution >= 0.6 is 15.6 Å². The van der Waals surface area contributed by atoms with Crippen molar-refractivity contribution in [3.05, 3.63) is 158 Å². The number of carbonyl (C=O) groups excluding carboxylic acids is 4. The number of unbranched alkanes of at least 4 members (excludes halogenated alkanes) is 18. The van der Waals surface area contributed by atoms with E-state index in [1.807, 2.05) is 24.3 Å². The average Bonchev–Trinajstić information content (AvgIpc) is 0.989. The molecule has 0 aliphatic heterocycles. The molecule has 0 aromatic heterocycles. The molecule has 5 unspecified atom stereocenters. The SMILES string of the molecule is CC/C=C\C/C=C\C/C=C\C/C=C\C/C=C\CCCC(=O)OCC(COP(=O)(O)OCC(O)COP(=O)(O)OCC(COC(=O)CCCCCCCCC/C=C\C/C=C\C/C=C\CC)OC(=O)C/C=C\C/C=C\C/C=C\C/C=C\C/C=C\CC)OC(=O)CCCCCCCCCCCCC. The third-order valence-corrected chi connectivity index (χ3v) is 16.9. The summed E-state index contributed by atoms with van der Waals surface area (Å²) < 4.78 is 68.2. The van der Waals surface area contributed by atoms with Crippen molar-refractivity contribution in [3.63, 3.8) is 0 Å². The van der Waals surface area contributed by atoms with Crippen LogP contribution in [0.15, 0.2) is 158 Å². The lowest BCUT2D eigenvalue weighted by molar-refractivity contribution is -0.161. The molecule has 0 saturated heterocycles. The Hall–Kier alpha value is -5.32. The highest BCUT2D eigenvalue weighted by molar-refractivity contribution is 7.47. The minimum atomic E-state index is -5.01. The Balaban J connectivity index is 5.45. The summed E-state index contributed by atoms with van der Waals surface area (Å²) in [6, 6.07) is 0. The number of phosphoric ester groups is 2. The molecule has 568 valence electrons. The number of carbonyl (C=O) groups is 4. The van der Waals surface area contributed by atoms with Gasteiger partial charge in [0.05, 0.1) is 32.8 Å². The molecule has 0 rings (SSSR count). The van der Waals surface area contributed by atoms with E-state index in [9.17, 15) is 43.2 Å². The number of phosphoric acid groups is 2. The van der Waals surface area contributed by atoms with Crippen LogP contribution in [-0.2, 0) is 65.4 Å². The van der Waals surface area contributed by atoms with E-state index in [0.717, 1.165) is 148 Å². The lowest BCUT2D eigenvalue weighted by atomic mass is 10.1. The highest BCUT2D eigenvalue weighted by Crippen LogP contribution is 2.45. The van der Waals surface area contributed by atoms with Gasteiger partial charge in [-0.25, -0.2) is 9.13 Å². The van der Waals surface area contributed by atoms with Gasteiger partial charge in [0.2, 0.25) is 0 Å². The summed E-state index contributed by atoms with van der Waals surface area (Å²) >= 11 is 0. The van der Waals surface area contributed by atoms with Crippen molar-refractivity contribution >= 4 is 39.5 Å². The van der Waals surface area contributed by atoms with Gasteiger partial charge < -0.3 is 33.8 Å². The minimum absolute atomic E-state index is 0.0778. The van der Waals surface area contributed by atoms with Gasteiger partial charge in [-0.1, -0.05) is 282 Å². The van der Waals surface area contributed by atoms with Crippen molar-refractivity contribution < 1.29 is 80.2 Å². The lowest BCUT2D eigenvalue weighted by Crippen LogP contribution is -2.30. The van der Waals surface area contributed by atoms with Gasteiger partial charge in [0.15, 0.2) is 12.2 Å². The van der Waals surface area contributed by atoms with Gasteiger partial charge in [-0.3, -0.25) is 37.3 Å². The van der Waals surface area contributed by atoms with Crippen LogP contribution in [0.4, 0.5) is 0 Å².